The maximum atomic E-state index is 13.0. The van der Waals surface area contributed by atoms with Crippen LogP contribution in [-0.4, -0.2) is 35.5 Å². The summed E-state index contributed by atoms with van der Waals surface area (Å²) in [5.41, 5.74) is 1.63. The number of furan rings is 1. The van der Waals surface area contributed by atoms with Crippen molar-refractivity contribution in [3.05, 3.63) is 53.9 Å². The fourth-order valence-electron chi connectivity index (χ4n) is 3.58. The van der Waals surface area contributed by atoms with Crippen molar-refractivity contribution in [2.24, 2.45) is 0 Å². The van der Waals surface area contributed by atoms with Gasteiger partial charge in [0.1, 0.15) is 12.0 Å². The molecule has 162 valence electrons. The van der Waals surface area contributed by atoms with E-state index < -0.39 is 18.1 Å². The van der Waals surface area contributed by atoms with Crippen LogP contribution in [0.5, 0.6) is 11.5 Å². The summed E-state index contributed by atoms with van der Waals surface area (Å²) in [5.74, 6) is 1.23. The molecule has 1 saturated heterocycles. The van der Waals surface area contributed by atoms with Crippen molar-refractivity contribution in [1.29, 1.82) is 0 Å². The Morgan fingerprint density at radius 2 is 2.03 bits per heavy atom. The van der Waals surface area contributed by atoms with Crippen LogP contribution in [0, 0.1) is 6.92 Å². The Labute approximate surface area is 178 Å². The Morgan fingerprint density at radius 3 is 2.68 bits per heavy atom. The summed E-state index contributed by atoms with van der Waals surface area (Å²) in [4.78, 5) is 30.4. The van der Waals surface area contributed by atoms with Gasteiger partial charge in [-0.25, -0.2) is 14.7 Å². The minimum atomic E-state index is -1.10. The number of carbonyl (C=O) groups excluding carboxylic acids is 2. The molecule has 31 heavy (non-hydrogen) atoms. The highest BCUT2D eigenvalue weighted by molar-refractivity contribution is 6.01. The van der Waals surface area contributed by atoms with Gasteiger partial charge in [-0.05, 0) is 37.1 Å². The summed E-state index contributed by atoms with van der Waals surface area (Å²) in [5, 5.41) is 0. The van der Waals surface area contributed by atoms with Gasteiger partial charge in [0, 0.05) is 12.1 Å². The highest BCUT2D eigenvalue weighted by Crippen LogP contribution is 2.47. The summed E-state index contributed by atoms with van der Waals surface area (Å²) in [6, 6.07) is 5.20. The van der Waals surface area contributed by atoms with Gasteiger partial charge in [0.25, 0.3) is 5.91 Å². The molecule has 9 nitrogen and oxygen atoms in total. The lowest BCUT2D eigenvalue weighted by molar-refractivity contribution is -0.129. The van der Waals surface area contributed by atoms with E-state index >= 15 is 0 Å². The molecule has 0 radical (unpaired) electrons. The zero-order chi connectivity index (χ0) is 22.0. The van der Waals surface area contributed by atoms with Crippen LogP contribution in [0.15, 0.2) is 45.8 Å². The number of amides is 2. The Bertz CT molecular complexity index is 1070. The molecule has 4 rings (SSSR count). The first-order chi connectivity index (χ1) is 15.0. The molecule has 1 fully saturated rings. The van der Waals surface area contributed by atoms with Crippen molar-refractivity contribution in [1.82, 2.24) is 9.88 Å². The van der Waals surface area contributed by atoms with Crippen LogP contribution >= 0.6 is 0 Å². The number of benzene rings is 1. The average Bonchev–Trinajstić information content (AvgIpc) is 3.51. The number of methoxy groups -OCH3 is 1. The van der Waals surface area contributed by atoms with Gasteiger partial charge in [-0.1, -0.05) is 6.92 Å². The highest BCUT2D eigenvalue weighted by atomic mass is 16.6. The van der Waals surface area contributed by atoms with Gasteiger partial charge < -0.3 is 23.0 Å². The lowest BCUT2D eigenvalue weighted by atomic mass is 9.95. The topological polar surface area (TPSA) is 104 Å². The molecule has 3 heterocycles. The van der Waals surface area contributed by atoms with Crippen LogP contribution in [0.2, 0.25) is 0 Å². The highest BCUT2D eigenvalue weighted by Gasteiger charge is 2.43. The van der Waals surface area contributed by atoms with Crippen LogP contribution in [0.4, 0.5) is 4.79 Å². The summed E-state index contributed by atoms with van der Waals surface area (Å²) in [7, 11) is 1.49. The second kappa shape index (κ2) is 8.55. The Kier molecular flexibility index (Phi) is 5.66. The molecule has 2 aromatic heterocycles. The van der Waals surface area contributed by atoms with E-state index in [-0.39, 0.29) is 13.2 Å². The number of hydrogen-bond donors (Lipinski definition) is 0. The summed E-state index contributed by atoms with van der Waals surface area (Å²) >= 11 is 0. The number of aromatic nitrogens is 1. The minimum Gasteiger partial charge on any atom is -0.492 e. The Morgan fingerprint density at radius 1 is 1.19 bits per heavy atom. The van der Waals surface area contributed by atoms with E-state index in [1.54, 1.807) is 18.2 Å². The summed E-state index contributed by atoms with van der Waals surface area (Å²) < 4.78 is 27.9. The molecule has 0 aliphatic carbocycles. The molecule has 0 N–H and O–H groups in total. The van der Waals surface area contributed by atoms with Crippen LogP contribution in [0.25, 0.3) is 11.3 Å². The first-order valence-corrected chi connectivity index (χ1v) is 9.83. The maximum absolute atomic E-state index is 13.0. The van der Waals surface area contributed by atoms with Crippen LogP contribution < -0.4 is 9.47 Å². The molecular weight excluding hydrogens is 404 g/mol. The molecule has 1 atom stereocenters. The van der Waals surface area contributed by atoms with E-state index in [2.05, 4.69) is 4.98 Å². The van der Waals surface area contributed by atoms with Crippen LogP contribution in [-0.2, 0) is 16.1 Å². The van der Waals surface area contributed by atoms with Gasteiger partial charge >= 0.3 is 6.09 Å². The van der Waals surface area contributed by atoms with E-state index in [1.165, 1.54) is 25.8 Å². The van der Waals surface area contributed by atoms with Gasteiger partial charge in [0.05, 0.1) is 25.1 Å². The van der Waals surface area contributed by atoms with E-state index in [4.69, 9.17) is 23.0 Å². The molecule has 0 bridgehead atoms. The molecule has 0 spiro atoms. The van der Waals surface area contributed by atoms with Gasteiger partial charge in [0.15, 0.2) is 18.1 Å². The van der Waals surface area contributed by atoms with Crippen molar-refractivity contribution in [3.63, 3.8) is 0 Å². The number of nitrogens with zero attached hydrogens (tertiary/aromatic N) is 2. The predicted molar refractivity (Wildman–Crippen MR) is 107 cm³/mol. The maximum Gasteiger partial charge on any atom is 0.417 e. The van der Waals surface area contributed by atoms with Crippen molar-refractivity contribution in [2.45, 2.75) is 33.0 Å². The fraction of sp³-hybridized carbons (Fsp3) is 0.318. The number of oxazole rings is 1. The first kappa shape index (κ1) is 20.5. The zero-order valence-corrected chi connectivity index (χ0v) is 17.4. The second-order valence-corrected chi connectivity index (χ2v) is 6.97. The van der Waals surface area contributed by atoms with Crippen LogP contribution in [0.1, 0.15) is 36.5 Å². The van der Waals surface area contributed by atoms with Crippen molar-refractivity contribution >= 4 is 12.0 Å². The number of ether oxygens (including phenoxy) is 3. The monoisotopic (exact) mass is 426 g/mol. The summed E-state index contributed by atoms with van der Waals surface area (Å²) in [6.45, 7) is 4.07. The molecular formula is C22H22N2O7. The largest absolute Gasteiger partial charge is 0.492 e. The molecule has 1 aromatic carbocycles. The smallest absolute Gasteiger partial charge is 0.417 e. The average molecular weight is 426 g/mol. The SMILES string of the molecule is CCCN1C(=O)OC(c2cc(C)c(OCc3ncco3)c(OC)c2-c2ccco2)C1=O. The van der Waals surface area contributed by atoms with E-state index in [0.29, 0.717) is 46.3 Å². The first-order valence-electron chi connectivity index (χ1n) is 9.83. The summed E-state index contributed by atoms with van der Waals surface area (Å²) in [6.07, 6.45) is 3.37. The second-order valence-electron chi connectivity index (χ2n) is 6.97. The van der Waals surface area contributed by atoms with E-state index in [0.717, 1.165) is 4.90 Å². The van der Waals surface area contributed by atoms with Gasteiger partial charge in [-0.2, -0.15) is 0 Å². The van der Waals surface area contributed by atoms with Gasteiger partial charge in [0.2, 0.25) is 12.0 Å². The lowest BCUT2D eigenvalue weighted by Crippen LogP contribution is -2.30. The molecule has 2 amide bonds. The number of imide groups is 1. The minimum absolute atomic E-state index is 0.0861. The molecule has 0 saturated carbocycles. The number of aryl methyl sites for hydroxylation is 1. The molecule has 1 aliphatic heterocycles. The van der Waals surface area contributed by atoms with Gasteiger partial charge in [-0.15, -0.1) is 0 Å². The van der Waals surface area contributed by atoms with Crippen molar-refractivity contribution < 1.29 is 32.6 Å². The van der Waals surface area contributed by atoms with E-state index in [1.807, 2.05) is 13.8 Å². The standard InChI is InChI=1S/C22H22N2O7/c1-4-8-24-21(25)19(31-22(24)26)14-11-13(2)18(30-12-16-23-7-10-29-16)20(27-3)17(14)15-6-5-9-28-15/h5-7,9-11,19H,4,8,12H2,1-3H3. The predicted octanol–water partition coefficient (Wildman–Crippen LogP) is 4.26. The van der Waals surface area contributed by atoms with Crippen LogP contribution in [0.3, 0.4) is 0 Å². The third-order valence-corrected chi connectivity index (χ3v) is 4.91. The number of rotatable bonds is 8. The lowest BCUT2D eigenvalue weighted by Gasteiger charge is -2.20. The fourth-order valence-corrected chi connectivity index (χ4v) is 3.58. The zero-order valence-electron chi connectivity index (χ0n) is 17.4. The van der Waals surface area contributed by atoms with Crippen molar-refractivity contribution in [3.8, 4) is 22.8 Å². The third-order valence-electron chi connectivity index (χ3n) is 4.91. The number of carbonyl (C=O) groups is 2. The molecule has 1 unspecified atom stereocenters. The Hall–Kier alpha value is -3.75. The molecule has 1 aliphatic rings. The third kappa shape index (κ3) is 3.74. The number of cyclic esters (lactones) is 1. The normalized spacial score (nSPS) is 16.0. The number of hydrogen-bond acceptors (Lipinski definition) is 8. The van der Waals surface area contributed by atoms with Gasteiger partial charge in [-0.3, -0.25) is 4.79 Å². The molecule has 3 aromatic rings. The molecule has 9 heteroatoms. The van der Waals surface area contributed by atoms with E-state index in [9.17, 15) is 9.59 Å². The Balaban J connectivity index is 1.81. The quantitative estimate of drug-likeness (QED) is 0.526. The van der Waals surface area contributed by atoms with Crippen molar-refractivity contribution in [2.75, 3.05) is 13.7 Å².